The zero-order valence-corrected chi connectivity index (χ0v) is 9.95. The molecule has 90 valence electrons. The van der Waals surface area contributed by atoms with Crippen LogP contribution in [0.15, 0.2) is 0 Å². The minimum absolute atomic E-state index is 0.244. The second kappa shape index (κ2) is 5.12. The third-order valence-electron chi connectivity index (χ3n) is 2.37. The average Bonchev–Trinajstić information content (AvgIpc) is 2.45. The van der Waals surface area contributed by atoms with Crippen molar-refractivity contribution in [2.24, 2.45) is 11.7 Å². The number of H-pyrrole nitrogens is 1. The molecule has 5 nitrogen and oxygen atoms in total. The number of rotatable bonds is 5. The van der Waals surface area contributed by atoms with Crippen LogP contribution in [0.4, 0.5) is 0 Å². The van der Waals surface area contributed by atoms with E-state index < -0.39 is 12.0 Å². The van der Waals surface area contributed by atoms with E-state index in [2.05, 4.69) is 23.8 Å². The quantitative estimate of drug-likeness (QED) is 0.693. The van der Waals surface area contributed by atoms with Gasteiger partial charge in [0.25, 0.3) is 0 Å². The van der Waals surface area contributed by atoms with E-state index >= 15 is 0 Å². The molecule has 5 heteroatoms. The number of nitrogens with one attached hydrogen (secondary N) is 1. The largest absolute Gasteiger partial charge is 0.480 e. The second-order valence-electron chi connectivity index (χ2n) is 4.50. The van der Waals surface area contributed by atoms with Gasteiger partial charge in [0.05, 0.1) is 5.69 Å². The van der Waals surface area contributed by atoms with Crippen LogP contribution in [0.25, 0.3) is 0 Å². The summed E-state index contributed by atoms with van der Waals surface area (Å²) in [5.74, 6) is 0.186. The number of carbonyl (C=O) groups is 1. The SMILES string of the molecule is Cc1[nH]c(CC(N)C(=O)O)nc1CC(C)C. The fourth-order valence-corrected chi connectivity index (χ4v) is 1.54. The van der Waals surface area contributed by atoms with Gasteiger partial charge in [0, 0.05) is 12.1 Å². The summed E-state index contributed by atoms with van der Waals surface area (Å²) in [4.78, 5) is 18.1. The molecule has 1 aromatic heterocycles. The van der Waals surface area contributed by atoms with Gasteiger partial charge in [-0.25, -0.2) is 4.98 Å². The summed E-state index contributed by atoms with van der Waals surface area (Å²) in [6.07, 6.45) is 1.14. The van der Waals surface area contributed by atoms with Gasteiger partial charge >= 0.3 is 5.97 Å². The molecule has 0 aliphatic heterocycles. The number of aromatic amines is 1. The molecule has 0 aliphatic carbocycles. The molecule has 0 aromatic carbocycles. The van der Waals surface area contributed by atoms with Crippen molar-refractivity contribution >= 4 is 5.97 Å². The van der Waals surface area contributed by atoms with Crippen LogP contribution in [0.1, 0.15) is 31.1 Å². The summed E-state index contributed by atoms with van der Waals surface area (Å²) in [6, 6.07) is -0.891. The first-order valence-corrected chi connectivity index (χ1v) is 5.43. The monoisotopic (exact) mass is 225 g/mol. The third kappa shape index (κ3) is 3.34. The Bertz CT molecular complexity index is 371. The summed E-state index contributed by atoms with van der Waals surface area (Å²) in [5.41, 5.74) is 7.45. The number of nitrogens with two attached hydrogens (primary N) is 1. The van der Waals surface area contributed by atoms with E-state index in [0.29, 0.717) is 11.7 Å². The van der Waals surface area contributed by atoms with Crippen LogP contribution in [0.5, 0.6) is 0 Å². The summed E-state index contributed by atoms with van der Waals surface area (Å²) >= 11 is 0. The van der Waals surface area contributed by atoms with Gasteiger partial charge in [-0.1, -0.05) is 13.8 Å². The lowest BCUT2D eigenvalue weighted by Crippen LogP contribution is -2.32. The number of aryl methyl sites for hydroxylation is 1. The van der Waals surface area contributed by atoms with E-state index in [1.54, 1.807) is 0 Å². The molecule has 4 N–H and O–H groups in total. The second-order valence-corrected chi connectivity index (χ2v) is 4.50. The minimum atomic E-state index is -1.00. The standard InChI is InChI=1S/C11H19N3O2/c1-6(2)4-9-7(3)13-10(14-9)5-8(12)11(15)16/h6,8H,4-5,12H2,1-3H3,(H,13,14)(H,15,16). The maximum Gasteiger partial charge on any atom is 0.320 e. The average molecular weight is 225 g/mol. The molecule has 0 fully saturated rings. The topological polar surface area (TPSA) is 92.0 Å². The lowest BCUT2D eigenvalue weighted by molar-refractivity contribution is -0.138. The van der Waals surface area contributed by atoms with Gasteiger partial charge in [0.2, 0.25) is 0 Å². The van der Waals surface area contributed by atoms with Crippen molar-refractivity contribution in [3.63, 3.8) is 0 Å². The van der Waals surface area contributed by atoms with Gasteiger partial charge < -0.3 is 15.8 Å². The first-order chi connectivity index (χ1) is 7.40. The van der Waals surface area contributed by atoms with Crippen molar-refractivity contribution in [2.45, 2.75) is 39.7 Å². The van der Waals surface area contributed by atoms with Crippen LogP contribution in [0.2, 0.25) is 0 Å². The number of aliphatic carboxylic acids is 1. The van der Waals surface area contributed by atoms with E-state index in [-0.39, 0.29) is 6.42 Å². The molecular weight excluding hydrogens is 206 g/mol. The van der Waals surface area contributed by atoms with Crippen molar-refractivity contribution in [3.8, 4) is 0 Å². The molecule has 1 unspecified atom stereocenters. The predicted octanol–water partition coefficient (Wildman–Crippen LogP) is 0.871. The fourth-order valence-electron chi connectivity index (χ4n) is 1.54. The molecule has 0 bridgehead atoms. The Morgan fingerprint density at radius 1 is 1.50 bits per heavy atom. The van der Waals surface area contributed by atoms with Crippen molar-refractivity contribution in [1.29, 1.82) is 0 Å². The number of carboxylic acid groups (broad SMARTS) is 1. The van der Waals surface area contributed by atoms with Crippen molar-refractivity contribution in [1.82, 2.24) is 9.97 Å². The molecule has 0 radical (unpaired) electrons. The lowest BCUT2D eigenvalue weighted by atomic mass is 10.1. The van der Waals surface area contributed by atoms with Crippen LogP contribution in [-0.2, 0) is 17.6 Å². The normalized spacial score (nSPS) is 13.1. The third-order valence-corrected chi connectivity index (χ3v) is 2.37. The Morgan fingerprint density at radius 3 is 2.62 bits per heavy atom. The van der Waals surface area contributed by atoms with Crippen molar-refractivity contribution in [2.75, 3.05) is 0 Å². The Labute approximate surface area is 95.1 Å². The molecule has 1 heterocycles. The first-order valence-electron chi connectivity index (χ1n) is 5.43. The molecule has 0 amide bonds. The zero-order chi connectivity index (χ0) is 12.3. The van der Waals surface area contributed by atoms with Gasteiger partial charge in [0.1, 0.15) is 11.9 Å². The van der Waals surface area contributed by atoms with Crippen LogP contribution >= 0.6 is 0 Å². The van der Waals surface area contributed by atoms with E-state index in [1.165, 1.54) is 0 Å². The maximum atomic E-state index is 10.6. The van der Waals surface area contributed by atoms with Crippen LogP contribution in [-0.4, -0.2) is 27.1 Å². The molecule has 0 saturated heterocycles. The summed E-state index contributed by atoms with van der Waals surface area (Å²) in [7, 11) is 0. The highest BCUT2D eigenvalue weighted by Crippen LogP contribution is 2.11. The number of hydrogen-bond donors (Lipinski definition) is 3. The van der Waals surface area contributed by atoms with Gasteiger partial charge in [-0.2, -0.15) is 0 Å². The van der Waals surface area contributed by atoms with Gasteiger partial charge in [0.15, 0.2) is 0 Å². The molecule has 1 atom stereocenters. The molecular formula is C11H19N3O2. The van der Waals surface area contributed by atoms with E-state index in [4.69, 9.17) is 10.8 Å². The number of nitrogens with zero attached hydrogens (tertiary/aromatic N) is 1. The smallest absolute Gasteiger partial charge is 0.320 e. The highest BCUT2D eigenvalue weighted by Gasteiger charge is 2.16. The Hall–Kier alpha value is -1.36. The number of carboxylic acids is 1. The molecule has 0 spiro atoms. The van der Waals surface area contributed by atoms with Gasteiger partial charge in [-0.3, -0.25) is 4.79 Å². The van der Waals surface area contributed by atoms with Crippen molar-refractivity contribution < 1.29 is 9.90 Å². The van der Waals surface area contributed by atoms with E-state index in [0.717, 1.165) is 17.8 Å². The molecule has 1 aromatic rings. The Balaban J connectivity index is 2.72. The van der Waals surface area contributed by atoms with Gasteiger partial charge in [-0.15, -0.1) is 0 Å². The van der Waals surface area contributed by atoms with Gasteiger partial charge in [-0.05, 0) is 19.3 Å². The maximum absolute atomic E-state index is 10.6. The van der Waals surface area contributed by atoms with E-state index in [1.807, 2.05) is 6.92 Å². The van der Waals surface area contributed by atoms with Crippen LogP contribution < -0.4 is 5.73 Å². The number of aromatic nitrogens is 2. The number of hydrogen-bond acceptors (Lipinski definition) is 3. The molecule has 1 rings (SSSR count). The number of imidazole rings is 1. The molecule has 0 saturated carbocycles. The first kappa shape index (κ1) is 12.7. The molecule has 0 aliphatic rings. The van der Waals surface area contributed by atoms with E-state index in [9.17, 15) is 4.79 Å². The summed E-state index contributed by atoms with van der Waals surface area (Å²) < 4.78 is 0. The Morgan fingerprint density at radius 2 is 2.12 bits per heavy atom. The minimum Gasteiger partial charge on any atom is -0.480 e. The Kier molecular flexibility index (Phi) is 4.06. The van der Waals surface area contributed by atoms with Crippen molar-refractivity contribution in [3.05, 3.63) is 17.2 Å². The summed E-state index contributed by atoms with van der Waals surface area (Å²) in [5, 5.41) is 8.70. The lowest BCUT2D eigenvalue weighted by Gasteiger charge is -2.02. The summed E-state index contributed by atoms with van der Waals surface area (Å²) in [6.45, 7) is 6.19. The predicted molar refractivity (Wildman–Crippen MR) is 61.2 cm³/mol. The zero-order valence-electron chi connectivity index (χ0n) is 9.95. The van der Waals surface area contributed by atoms with Crippen LogP contribution in [0, 0.1) is 12.8 Å². The highest BCUT2D eigenvalue weighted by molar-refractivity contribution is 5.73. The fraction of sp³-hybridized carbons (Fsp3) is 0.636. The molecule has 16 heavy (non-hydrogen) atoms. The highest BCUT2D eigenvalue weighted by atomic mass is 16.4. The van der Waals surface area contributed by atoms with Crippen LogP contribution in [0.3, 0.4) is 0 Å².